The minimum Gasteiger partial charge on any atom is -0.460 e. The van der Waals surface area contributed by atoms with Crippen LogP contribution in [0.5, 0.6) is 0 Å². The van der Waals surface area contributed by atoms with Crippen molar-refractivity contribution in [3.05, 3.63) is 72.6 Å². The van der Waals surface area contributed by atoms with Crippen molar-refractivity contribution in [2.24, 2.45) is 0 Å². The maximum atomic E-state index is 5.65. The summed E-state index contributed by atoms with van der Waals surface area (Å²) in [6.07, 6.45) is 4.71. The zero-order valence-electron chi connectivity index (χ0n) is 15.3. The molecule has 0 atom stereocenters. The standard InChI is InChI=1S/C23H23N3O/c1-2-4-21-17-18(5-6-19(21)3-1)8-11-25-12-14-26(15-13-25)23-22-20(7-10-24-23)9-16-27-22/h1-7,9-10,16-17H,8,11-15H2. The van der Waals surface area contributed by atoms with Crippen molar-refractivity contribution in [1.29, 1.82) is 0 Å². The van der Waals surface area contributed by atoms with E-state index in [2.05, 4.69) is 57.2 Å². The third kappa shape index (κ3) is 3.28. The second-order valence-corrected chi connectivity index (χ2v) is 7.23. The summed E-state index contributed by atoms with van der Waals surface area (Å²) in [5.74, 6) is 0.978. The number of hydrogen-bond donors (Lipinski definition) is 0. The van der Waals surface area contributed by atoms with Crippen molar-refractivity contribution >= 4 is 27.6 Å². The first-order valence-corrected chi connectivity index (χ1v) is 9.64. The molecular formula is C23H23N3O. The highest BCUT2D eigenvalue weighted by molar-refractivity contribution is 5.87. The second-order valence-electron chi connectivity index (χ2n) is 7.23. The molecule has 136 valence electrons. The van der Waals surface area contributed by atoms with Gasteiger partial charge in [-0.3, -0.25) is 4.90 Å². The van der Waals surface area contributed by atoms with Crippen LogP contribution < -0.4 is 4.90 Å². The van der Waals surface area contributed by atoms with E-state index in [1.54, 1.807) is 6.26 Å². The first-order chi connectivity index (χ1) is 13.4. The fourth-order valence-corrected chi connectivity index (χ4v) is 3.97. The number of nitrogens with zero attached hydrogens (tertiary/aromatic N) is 3. The van der Waals surface area contributed by atoms with E-state index in [0.29, 0.717) is 0 Å². The molecule has 1 aliphatic heterocycles. The largest absolute Gasteiger partial charge is 0.460 e. The van der Waals surface area contributed by atoms with Gasteiger partial charge >= 0.3 is 0 Å². The van der Waals surface area contributed by atoms with Gasteiger partial charge in [0.25, 0.3) is 0 Å². The quantitative estimate of drug-likeness (QED) is 0.544. The van der Waals surface area contributed by atoms with E-state index < -0.39 is 0 Å². The number of fused-ring (bicyclic) bond motifs is 2. The highest BCUT2D eigenvalue weighted by Gasteiger charge is 2.20. The number of pyridine rings is 1. The minimum absolute atomic E-state index is 0.905. The molecule has 3 heterocycles. The zero-order valence-corrected chi connectivity index (χ0v) is 15.3. The average Bonchev–Trinajstić information content (AvgIpc) is 3.21. The first kappa shape index (κ1) is 16.3. The van der Waals surface area contributed by atoms with Crippen LogP contribution in [0.2, 0.25) is 0 Å². The number of aromatic nitrogens is 1. The Balaban J connectivity index is 1.21. The average molecular weight is 357 g/mol. The van der Waals surface area contributed by atoms with Gasteiger partial charge in [0.15, 0.2) is 11.4 Å². The van der Waals surface area contributed by atoms with Gasteiger partial charge in [-0.15, -0.1) is 0 Å². The Bertz CT molecular complexity index is 1060. The number of furan rings is 1. The Kier molecular flexibility index (Phi) is 4.26. The number of benzene rings is 2. The van der Waals surface area contributed by atoms with Gasteiger partial charge in [0.2, 0.25) is 0 Å². The van der Waals surface area contributed by atoms with Crippen molar-refractivity contribution in [2.75, 3.05) is 37.6 Å². The minimum atomic E-state index is 0.905. The molecule has 1 saturated heterocycles. The van der Waals surface area contributed by atoms with Gasteiger partial charge in [0, 0.05) is 44.3 Å². The molecule has 0 spiro atoms. The highest BCUT2D eigenvalue weighted by atomic mass is 16.3. The predicted molar refractivity (Wildman–Crippen MR) is 110 cm³/mol. The van der Waals surface area contributed by atoms with E-state index in [0.717, 1.165) is 55.9 Å². The highest BCUT2D eigenvalue weighted by Crippen LogP contribution is 2.26. The molecule has 0 amide bonds. The van der Waals surface area contributed by atoms with Crippen molar-refractivity contribution in [3.63, 3.8) is 0 Å². The van der Waals surface area contributed by atoms with Crippen LogP contribution in [0, 0.1) is 0 Å². The Hall–Kier alpha value is -2.85. The van der Waals surface area contributed by atoms with Gasteiger partial charge in [0.05, 0.1) is 6.26 Å². The molecule has 2 aromatic heterocycles. The molecule has 0 bridgehead atoms. The third-order valence-corrected chi connectivity index (χ3v) is 5.55. The molecule has 4 nitrogen and oxygen atoms in total. The van der Waals surface area contributed by atoms with Crippen molar-refractivity contribution in [3.8, 4) is 0 Å². The lowest BCUT2D eigenvalue weighted by molar-refractivity contribution is 0.260. The lowest BCUT2D eigenvalue weighted by Gasteiger charge is -2.35. The summed E-state index contributed by atoms with van der Waals surface area (Å²) >= 11 is 0. The van der Waals surface area contributed by atoms with Crippen LogP contribution in [-0.4, -0.2) is 42.6 Å². The van der Waals surface area contributed by atoms with Crippen LogP contribution in [0.25, 0.3) is 21.7 Å². The molecule has 2 aromatic carbocycles. The van der Waals surface area contributed by atoms with Crippen LogP contribution >= 0.6 is 0 Å². The summed E-state index contributed by atoms with van der Waals surface area (Å²) in [6.45, 7) is 5.21. The number of rotatable bonds is 4. The maximum absolute atomic E-state index is 5.65. The Labute approximate surface area is 159 Å². The third-order valence-electron chi connectivity index (χ3n) is 5.55. The number of anilines is 1. The van der Waals surface area contributed by atoms with E-state index in [1.807, 2.05) is 18.3 Å². The topological polar surface area (TPSA) is 32.5 Å². The van der Waals surface area contributed by atoms with E-state index in [4.69, 9.17) is 4.42 Å². The Morgan fingerprint density at radius 2 is 1.70 bits per heavy atom. The van der Waals surface area contributed by atoms with Crippen LogP contribution in [0.1, 0.15) is 5.56 Å². The molecule has 4 aromatic rings. The van der Waals surface area contributed by atoms with Gasteiger partial charge in [-0.05, 0) is 34.9 Å². The molecule has 0 unspecified atom stereocenters. The number of hydrogen-bond acceptors (Lipinski definition) is 4. The van der Waals surface area contributed by atoms with E-state index >= 15 is 0 Å². The summed E-state index contributed by atoms with van der Waals surface area (Å²) in [5, 5.41) is 3.77. The first-order valence-electron chi connectivity index (χ1n) is 9.64. The lowest BCUT2D eigenvalue weighted by atomic mass is 10.0. The van der Waals surface area contributed by atoms with Crippen LogP contribution in [0.15, 0.2) is 71.5 Å². The molecule has 0 N–H and O–H groups in total. The summed E-state index contributed by atoms with van der Waals surface area (Å²) in [7, 11) is 0. The maximum Gasteiger partial charge on any atom is 0.176 e. The molecule has 1 aliphatic rings. The van der Waals surface area contributed by atoms with Crippen LogP contribution in [0.3, 0.4) is 0 Å². The van der Waals surface area contributed by atoms with Gasteiger partial charge in [-0.1, -0.05) is 42.5 Å². The van der Waals surface area contributed by atoms with Gasteiger partial charge in [-0.2, -0.15) is 0 Å². The summed E-state index contributed by atoms with van der Waals surface area (Å²) in [4.78, 5) is 9.46. The van der Waals surface area contributed by atoms with Crippen molar-refractivity contribution in [1.82, 2.24) is 9.88 Å². The van der Waals surface area contributed by atoms with E-state index in [9.17, 15) is 0 Å². The molecule has 0 radical (unpaired) electrons. The van der Waals surface area contributed by atoms with Crippen molar-refractivity contribution in [2.45, 2.75) is 6.42 Å². The Morgan fingerprint density at radius 1 is 0.852 bits per heavy atom. The van der Waals surface area contributed by atoms with E-state index in [-0.39, 0.29) is 0 Å². The van der Waals surface area contributed by atoms with Crippen molar-refractivity contribution < 1.29 is 4.42 Å². The molecule has 0 saturated carbocycles. The monoisotopic (exact) mass is 357 g/mol. The lowest BCUT2D eigenvalue weighted by Crippen LogP contribution is -2.47. The fourth-order valence-electron chi connectivity index (χ4n) is 3.97. The molecular weight excluding hydrogens is 334 g/mol. The fraction of sp³-hybridized carbons (Fsp3) is 0.261. The SMILES string of the molecule is c1ccc2cc(CCN3CCN(c4nccc5ccoc45)CC3)ccc2c1. The molecule has 27 heavy (non-hydrogen) atoms. The summed E-state index contributed by atoms with van der Waals surface area (Å²) in [5.41, 5.74) is 2.32. The molecule has 4 heteroatoms. The Morgan fingerprint density at radius 3 is 2.59 bits per heavy atom. The summed E-state index contributed by atoms with van der Waals surface area (Å²) < 4.78 is 5.65. The molecule has 1 fully saturated rings. The smallest absolute Gasteiger partial charge is 0.176 e. The second kappa shape index (κ2) is 7.05. The van der Waals surface area contributed by atoms with Gasteiger partial charge < -0.3 is 9.32 Å². The predicted octanol–water partition coefficient (Wildman–Crippen LogP) is 4.35. The van der Waals surface area contributed by atoms with Gasteiger partial charge in [-0.25, -0.2) is 4.98 Å². The summed E-state index contributed by atoms with van der Waals surface area (Å²) in [6, 6.07) is 19.4. The molecule has 0 aliphatic carbocycles. The molecule has 5 rings (SSSR count). The zero-order chi connectivity index (χ0) is 18.1. The van der Waals surface area contributed by atoms with Crippen LogP contribution in [0.4, 0.5) is 5.82 Å². The van der Waals surface area contributed by atoms with E-state index in [1.165, 1.54) is 16.3 Å². The normalized spacial score (nSPS) is 15.6. The van der Waals surface area contributed by atoms with Gasteiger partial charge in [0.1, 0.15) is 0 Å². The van der Waals surface area contributed by atoms with Crippen LogP contribution in [-0.2, 0) is 6.42 Å². The number of piperazine rings is 1.